The molecule has 1 aromatic heterocycles. The first-order valence-electron chi connectivity index (χ1n) is 11.0. The highest BCUT2D eigenvalue weighted by Gasteiger charge is 2.19. The minimum absolute atomic E-state index is 0.229. The summed E-state index contributed by atoms with van der Waals surface area (Å²) in [6.07, 6.45) is 3.32. The summed E-state index contributed by atoms with van der Waals surface area (Å²) >= 11 is 6.07. The van der Waals surface area contributed by atoms with Crippen LogP contribution >= 0.6 is 11.6 Å². The maximum Gasteiger partial charge on any atom is 0.248 e. The molecule has 1 N–H and O–H groups in total. The molecule has 0 saturated heterocycles. The van der Waals surface area contributed by atoms with Crippen LogP contribution in [0.3, 0.4) is 0 Å². The lowest BCUT2D eigenvalue weighted by atomic mass is 9.96. The number of allylic oxidation sites excluding steroid dienone is 1. The third kappa shape index (κ3) is 4.80. The van der Waals surface area contributed by atoms with Gasteiger partial charge in [-0.3, -0.25) is 4.79 Å². The van der Waals surface area contributed by atoms with Crippen molar-refractivity contribution in [2.75, 3.05) is 19.0 Å². The number of aryl methyl sites for hydroxylation is 1. The van der Waals surface area contributed by atoms with Crippen LogP contribution in [0.2, 0.25) is 5.02 Å². The number of fused-ring (bicyclic) bond motifs is 1. The largest absolute Gasteiger partial charge is 0.497 e. The van der Waals surface area contributed by atoms with Gasteiger partial charge < -0.3 is 19.2 Å². The van der Waals surface area contributed by atoms with Gasteiger partial charge in [0, 0.05) is 38.9 Å². The summed E-state index contributed by atoms with van der Waals surface area (Å²) in [6.45, 7) is 6.30. The number of methoxy groups -OCH3 is 1. The number of halogens is 1. The zero-order valence-electron chi connectivity index (χ0n) is 19.6. The highest BCUT2D eigenvalue weighted by molar-refractivity contribution is 6.30. The van der Waals surface area contributed by atoms with Crippen LogP contribution in [0.1, 0.15) is 25.0 Å². The second-order valence-corrected chi connectivity index (χ2v) is 8.33. The van der Waals surface area contributed by atoms with Crippen molar-refractivity contribution < 1.29 is 18.7 Å². The van der Waals surface area contributed by atoms with Gasteiger partial charge in [0.25, 0.3) is 0 Å². The fourth-order valence-electron chi connectivity index (χ4n) is 3.92. The second-order valence-electron chi connectivity index (χ2n) is 7.89. The average Bonchev–Trinajstić information content (AvgIpc) is 3.26. The van der Waals surface area contributed by atoms with Gasteiger partial charge in [0.15, 0.2) is 0 Å². The molecule has 4 aromatic rings. The number of nitrogens with one attached hydrogen (secondary N) is 1. The number of furan rings is 1. The van der Waals surface area contributed by atoms with Gasteiger partial charge in [-0.25, -0.2) is 0 Å². The van der Waals surface area contributed by atoms with Gasteiger partial charge in [-0.15, -0.1) is 0 Å². The lowest BCUT2D eigenvalue weighted by Gasteiger charge is -2.15. The standard InChI is InChI=1S/C28H26ClNO4/c1-5-33-27-18(3)28-24(25(16-34-28)19-6-8-20(29)9-7-19)15-23(27)17(2)14-26(31)30-21-10-12-22(32-4)13-11-21/h6-16H,5H2,1-4H3,(H,30,31)/b17-14+. The Balaban J connectivity index is 1.74. The highest BCUT2D eigenvalue weighted by Crippen LogP contribution is 2.41. The Morgan fingerprint density at radius 1 is 1.12 bits per heavy atom. The zero-order valence-corrected chi connectivity index (χ0v) is 20.3. The Bertz CT molecular complexity index is 1350. The van der Waals surface area contributed by atoms with Crippen LogP contribution in [0.5, 0.6) is 11.5 Å². The fraction of sp³-hybridized carbons (Fsp3) is 0.179. The van der Waals surface area contributed by atoms with Crippen molar-refractivity contribution in [3.63, 3.8) is 0 Å². The molecule has 0 spiro atoms. The molecule has 0 unspecified atom stereocenters. The number of ether oxygens (including phenoxy) is 2. The van der Waals surface area contributed by atoms with Crippen LogP contribution < -0.4 is 14.8 Å². The molecule has 0 aliphatic heterocycles. The van der Waals surface area contributed by atoms with Gasteiger partial charge in [0.1, 0.15) is 17.1 Å². The van der Waals surface area contributed by atoms with Crippen LogP contribution in [0.15, 0.2) is 71.4 Å². The van der Waals surface area contributed by atoms with E-state index in [1.807, 2.05) is 51.1 Å². The summed E-state index contributed by atoms with van der Waals surface area (Å²) < 4.78 is 17.1. The Morgan fingerprint density at radius 3 is 2.47 bits per heavy atom. The van der Waals surface area contributed by atoms with E-state index in [0.717, 1.165) is 44.5 Å². The molecule has 34 heavy (non-hydrogen) atoms. The molecule has 1 heterocycles. The Labute approximate surface area is 203 Å². The van der Waals surface area contributed by atoms with Crippen LogP contribution in [0.4, 0.5) is 5.69 Å². The molecule has 1 amide bonds. The highest BCUT2D eigenvalue weighted by atomic mass is 35.5. The Kier molecular flexibility index (Phi) is 6.94. The molecule has 3 aromatic carbocycles. The van der Waals surface area contributed by atoms with E-state index < -0.39 is 0 Å². The first-order valence-corrected chi connectivity index (χ1v) is 11.4. The molecule has 0 radical (unpaired) electrons. The van der Waals surface area contributed by atoms with Gasteiger partial charge >= 0.3 is 0 Å². The first-order chi connectivity index (χ1) is 16.4. The lowest BCUT2D eigenvalue weighted by molar-refractivity contribution is -0.111. The molecule has 0 bridgehead atoms. The molecule has 0 saturated carbocycles. The van der Waals surface area contributed by atoms with Crippen molar-refractivity contribution in [3.05, 3.63) is 83.1 Å². The van der Waals surface area contributed by atoms with E-state index >= 15 is 0 Å². The smallest absolute Gasteiger partial charge is 0.248 e. The number of benzene rings is 3. The number of hydrogen-bond acceptors (Lipinski definition) is 4. The number of carbonyl (C=O) groups is 1. The molecule has 4 rings (SSSR count). The van der Waals surface area contributed by atoms with Gasteiger partial charge in [0.05, 0.1) is 20.0 Å². The SMILES string of the molecule is CCOc1c(/C(C)=C/C(=O)Nc2ccc(OC)cc2)cc2c(-c3ccc(Cl)cc3)coc2c1C. The normalized spacial score (nSPS) is 11.5. The molecular formula is C28H26ClNO4. The number of anilines is 1. The fourth-order valence-corrected chi connectivity index (χ4v) is 4.05. The predicted octanol–water partition coefficient (Wildman–Crippen LogP) is 7.51. The van der Waals surface area contributed by atoms with E-state index in [1.54, 1.807) is 43.7 Å². The molecular weight excluding hydrogens is 450 g/mol. The molecule has 0 fully saturated rings. The van der Waals surface area contributed by atoms with Crippen molar-refractivity contribution in [2.24, 2.45) is 0 Å². The Hall–Kier alpha value is -3.70. The maximum absolute atomic E-state index is 12.7. The number of hydrogen-bond donors (Lipinski definition) is 1. The van der Waals surface area contributed by atoms with Gasteiger partial charge in [-0.2, -0.15) is 0 Å². The van der Waals surface area contributed by atoms with E-state index in [2.05, 4.69) is 5.32 Å². The van der Waals surface area contributed by atoms with E-state index in [-0.39, 0.29) is 5.91 Å². The summed E-state index contributed by atoms with van der Waals surface area (Å²) in [5.74, 6) is 1.21. The van der Waals surface area contributed by atoms with Crippen LogP contribution in [0, 0.1) is 6.92 Å². The second kappa shape index (κ2) is 10.1. The molecule has 0 atom stereocenters. The average molecular weight is 476 g/mol. The van der Waals surface area contributed by atoms with Gasteiger partial charge in [-0.05, 0) is 74.4 Å². The van der Waals surface area contributed by atoms with Crippen LogP contribution in [-0.4, -0.2) is 19.6 Å². The van der Waals surface area contributed by atoms with Gasteiger partial charge in [-0.1, -0.05) is 23.7 Å². The van der Waals surface area contributed by atoms with Gasteiger partial charge in [0.2, 0.25) is 5.91 Å². The summed E-state index contributed by atoms with van der Waals surface area (Å²) in [5, 5.41) is 4.51. The predicted molar refractivity (Wildman–Crippen MR) is 138 cm³/mol. The minimum atomic E-state index is -0.229. The number of amides is 1. The summed E-state index contributed by atoms with van der Waals surface area (Å²) in [4.78, 5) is 12.7. The Morgan fingerprint density at radius 2 is 1.82 bits per heavy atom. The van der Waals surface area contributed by atoms with Crippen molar-refractivity contribution >= 4 is 39.7 Å². The zero-order chi connectivity index (χ0) is 24.2. The first kappa shape index (κ1) is 23.5. The lowest BCUT2D eigenvalue weighted by Crippen LogP contribution is -2.09. The minimum Gasteiger partial charge on any atom is -0.497 e. The van der Waals surface area contributed by atoms with Crippen LogP contribution in [0.25, 0.3) is 27.7 Å². The molecule has 0 aliphatic rings. The van der Waals surface area contributed by atoms with Crippen LogP contribution in [-0.2, 0) is 4.79 Å². The van der Waals surface area contributed by atoms with Crippen molar-refractivity contribution in [2.45, 2.75) is 20.8 Å². The summed E-state index contributed by atoms with van der Waals surface area (Å²) in [5.41, 5.74) is 5.90. The number of rotatable bonds is 7. The quantitative estimate of drug-likeness (QED) is 0.281. The van der Waals surface area contributed by atoms with E-state index in [9.17, 15) is 4.79 Å². The van der Waals surface area contributed by atoms with E-state index in [0.29, 0.717) is 23.1 Å². The van der Waals surface area contributed by atoms with Crippen molar-refractivity contribution in [3.8, 4) is 22.6 Å². The third-order valence-corrected chi connectivity index (χ3v) is 5.87. The summed E-state index contributed by atoms with van der Waals surface area (Å²) in [7, 11) is 1.60. The summed E-state index contributed by atoms with van der Waals surface area (Å²) in [6, 6.07) is 16.8. The third-order valence-electron chi connectivity index (χ3n) is 5.62. The molecule has 6 heteroatoms. The van der Waals surface area contributed by atoms with Crippen molar-refractivity contribution in [1.82, 2.24) is 0 Å². The van der Waals surface area contributed by atoms with Crippen molar-refractivity contribution in [1.29, 1.82) is 0 Å². The topological polar surface area (TPSA) is 60.7 Å². The molecule has 5 nitrogen and oxygen atoms in total. The monoisotopic (exact) mass is 475 g/mol. The van der Waals surface area contributed by atoms with E-state index in [4.69, 9.17) is 25.5 Å². The molecule has 0 aliphatic carbocycles. The maximum atomic E-state index is 12.7. The van der Waals surface area contributed by atoms with E-state index in [1.165, 1.54) is 0 Å². The molecule has 174 valence electrons. The number of carbonyl (C=O) groups excluding carboxylic acids is 1.